The first-order valence-corrected chi connectivity index (χ1v) is 7.84. The van der Waals surface area contributed by atoms with Crippen LogP contribution in [0.3, 0.4) is 0 Å². The third-order valence-corrected chi connectivity index (χ3v) is 4.18. The second kappa shape index (κ2) is 6.72. The summed E-state index contributed by atoms with van der Waals surface area (Å²) in [6.07, 6.45) is 0.218. The second-order valence-electron chi connectivity index (χ2n) is 4.54. The molecule has 0 unspecified atom stereocenters. The summed E-state index contributed by atoms with van der Waals surface area (Å²) in [4.78, 5) is 17.1. The van der Waals surface area contributed by atoms with Gasteiger partial charge in [-0.2, -0.15) is 4.98 Å². The highest BCUT2D eigenvalue weighted by molar-refractivity contribution is 7.13. The Kier molecular flexibility index (Phi) is 4.50. The lowest BCUT2D eigenvalue weighted by Gasteiger charge is -2.04. The molecular weight excluding hydrogens is 322 g/mol. The number of thiophene rings is 1. The number of aromatic nitrogens is 2. The summed E-state index contributed by atoms with van der Waals surface area (Å²) in [5.74, 6) is 0.761. The van der Waals surface area contributed by atoms with Crippen molar-refractivity contribution in [2.45, 2.75) is 13.0 Å². The predicted octanol–water partition coefficient (Wildman–Crippen LogP) is 3.31. The normalized spacial score (nSPS) is 10.6. The Morgan fingerprint density at radius 1 is 1.27 bits per heavy atom. The van der Waals surface area contributed by atoms with Crippen molar-refractivity contribution in [3.05, 3.63) is 58.2 Å². The van der Waals surface area contributed by atoms with Crippen molar-refractivity contribution in [1.29, 1.82) is 0 Å². The fourth-order valence-electron chi connectivity index (χ4n) is 1.88. The minimum absolute atomic E-state index is 0.143. The minimum Gasteiger partial charge on any atom is -0.348 e. The zero-order valence-corrected chi connectivity index (χ0v) is 13.0. The maximum atomic E-state index is 11.9. The second-order valence-corrected chi connectivity index (χ2v) is 5.89. The van der Waals surface area contributed by atoms with Gasteiger partial charge in [0.2, 0.25) is 5.91 Å². The van der Waals surface area contributed by atoms with Crippen LogP contribution in [0.5, 0.6) is 0 Å². The highest BCUT2D eigenvalue weighted by atomic mass is 35.5. The van der Waals surface area contributed by atoms with E-state index < -0.39 is 0 Å². The smallest absolute Gasteiger partial charge is 0.268 e. The number of rotatable bonds is 5. The molecule has 112 valence electrons. The number of nitrogens with zero attached hydrogens (tertiary/aromatic N) is 2. The highest BCUT2D eigenvalue weighted by Gasteiger charge is 2.11. The number of carbonyl (C=O) groups excluding carboxylic acids is 1. The molecule has 3 aromatic rings. The average Bonchev–Trinajstić information content (AvgIpc) is 3.18. The summed E-state index contributed by atoms with van der Waals surface area (Å²) in [5.41, 5.74) is 0.786. The van der Waals surface area contributed by atoms with Crippen LogP contribution in [0.2, 0.25) is 5.02 Å². The third kappa shape index (κ3) is 3.52. The topological polar surface area (TPSA) is 68.0 Å². The Hall–Kier alpha value is -2.18. The van der Waals surface area contributed by atoms with Crippen LogP contribution in [0.25, 0.3) is 10.8 Å². The number of benzene rings is 1. The van der Waals surface area contributed by atoms with Crippen molar-refractivity contribution in [3.63, 3.8) is 0 Å². The summed E-state index contributed by atoms with van der Waals surface area (Å²) in [6.45, 7) is 0.220. The number of hydrogen-bond acceptors (Lipinski definition) is 5. The van der Waals surface area contributed by atoms with Gasteiger partial charge in [-0.05, 0) is 23.1 Å². The van der Waals surface area contributed by atoms with Crippen LogP contribution < -0.4 is 5.32 Å². The molecule has 1 aromatic carbocycles. The fraction of sp³-hybridized carbons (Fsp3) is 0.133. The molecule has 0 saturated carbocycles. The standard InChI is InChI=1S/C15H12ClN3O2S/c16-11-5-2-1-4-10(11)8-14(20)17-9-13-18-15(21-19-13)12-6-3-7-22-12/h1-7H,8-9H2,(H,17,20). The third-order valence-electron chi connectivity index (χ3n) is 2.95. The summed E-state index contributed by atoms with van der Waals surface area (Å²) in [5, 5.41) is 9.12. The van der Waals surface area contributed by atoms with Gasteiger partial charge in [-0.15, -0.1) is 11.3 Å². The van der Waals surface area contributed by atoms with E-state index in [-0.39, 0.29) is 18.9 Å². The Balaban J connectivity index is 1.56. The lowest BCUT2D eigenvalue weighted by Crippen LogP contribution is -2.25. The molecule has 0 spiro atoms. The van der Waals surface area contributed by atoms with Gasteiger partial charge in [-0.3, -0.25) is 4.79 Å². The van der Waals surface area contributed by atoms with E-state index in [1.54, 1.807) is 6.07 Å². The quantitative estimate of drug-likeness (QED) is 0.777. The lowest BCUT2D eigenvalue weighted by molar-refractivity contribution is -0.120. The molecule has 2 aromatic heterocycles. The van der Waals surface area contributed by atoms with E-state index in [1.165, 1.54) is 11.3 Å². The van der Waals surface area contributed by atoms with Gasteiger partial charge in [0.1, 0.15) is 0 Å². The van der Waals surface area contributed by atoms with Crippen molar-refractivity contribution >= 4 is 28.8 Å². The van der Waals surface area contributed by atoms with Gasteiger partial charge in [0.15, 0.2) is 5.82 Å². The van der Waals surface area contributed by atoms with Crippen LogP contribution in [0.4, 0.5) is 0 Å². The fourth-order valence-corrected chi connectivity index (χ4v) is 2.73. The van der Waals surface area contributed by atoms with Gasteiger partial charge >= 0.3 is 0 Å². The molecule has 3 rings (SSSR count). The van der Waals surface area contributed by atoms with Crippen molar-refractivity contribution in [3.8, 4) is 10.8 Å². The largest absolute Gasteiger partial charge is 0.348 e. The molecule has 0 radical (unpaired) electrons. The first-order chi connectivity index (χ1) is 10.7. The molecule has 5 nitrogen and oxygen atoms in total. The van der Waals surface area contributed by atoms with Crippen LogP contribution in [-0.4, -0.2) is 16.0 Å². The summed E-state index contributed by atoms with van der Waals surface area (Å²) in [6, 6.07) is 11.1. The molecule has 1 amide bonds. The van der Waals surface area contributed by atoms with Gasteiger partial charge in [0.25, 0.3) is 5.89 Å². The Labute approximate surface area is 135 Å². The number of nitrogens with one attached hydrogen (secondary N) is 1. The Morgan fingerprint density at radius 3 is 2.91 bits per heavy atom. The average molecular weight is 334 g/mol. The van der Waals surface area contributed by atoms with Crippen molar-refractivity contribution in [2.75, 3.05) is 0 Å². The first-order valence-electron chi connectivity index (χ1n) is 6.59. The number of hydrogen-bond donors (Lipinski definition) is 1. The molecule has 0 saturated heterocycles. The van der Waals surface area contributed by atoms with Crippen LogP contribution in [0.1, 0.15) is 11.4 Å². The van der Waals surface area contributed by atoms with Crippen LogP contribution in [0, 0.1) is 0 Å². The predicted molar refractivity (Wildman–Crippen MR) is 84.6 cm³/mol. The monoisotopic (exact) mass is 333 g/mol. The molecule has 0 fully saturated rings. The summed E-state index contributed by atoms with van der Waals surface area (Å²) in [7, 11) is 0. The molecule has 0 atom stereocenters. The van der Waals surface area contributed by atoms with Crippen molar-refractivity contribution in [1.82, 2.24) is 15.5 Å². The van der Waals surface area contributed by atoms with Crippen molar-refractivity contribution in [2.24, 2.45) is 0 Å². The molecule has 22 heavy (non-hydrogen) atoms. The first kappa shape index (κ1) is 14.7. The summed E-state index contributed by atoms with van der Waals surface area (Å²) >= 11 is 7.55. The van der Waals surface area contributed by atoms with E-state index >= 15 is 0 Å². The molecule has 0 aliphatic heterocycles. The van der Waals surface area contributed by atoms with E-state index in [4.69, 9.17) is 16.1 Å². The minimum atomic E-state index is -0.143. The summed E-state index contributed by atoms with van der Waals surface area (Å²) < 4.78 is 5.16. The lowest BCUT2D eigenvalue weighted by atomic mass is 10.1. The van der Waals surface area contributed by atoms with E-state index in [9.17, 15) is 4.79 Å². The Morgan fingerprint density at radius 2 is 2.14 bits per heavy atom. The van der Waals surface area contributed by atoms with Gasteiger partial charge in [-0.25, -0.2) is 0 Å². The molecular formula is C15H12ClN3O2S. The van der Waals surface area contributed by atoms with E-state index in [2.05, 4.69) is 15.5 Å². The van der Waals surface area contributed by atoms with Crippen LogP contribution >= 0.6 is 22.9 Å². The molecule has 0 aliphatic carbocycles. The zero-order chi connectivity index (χ0) is 15.4. The molecule has 0 bridgehead atoms. The SMILES string of the molecule is O=C(Cc1ccccc1Cl)NCc1noc(-c2cccs2)n1. The maximum absolute atomic E-state index is 11.9. The number of carbonyl (C=O) groups is 1. The van der Waals surface area contributed by atoms with Crippen LogP contribution in [-0.2, 0) is 17.8 Å². The van der Waals surface area contributed by atoms with Gasteiger partial charge in [-0.1, -0.05) is 41.0 Å². The molecule has 1 N–H and O–H groups in total. The maximum Gasteiger partial charge on any atom is 0.268 e. The van der Waals surface area contributed by atoms with Gasteiger partial charge < -0.3 is 9.84 Å². The molecule has 0 aliphatic rings. The van der Waals surface area contributed by atoms with Crippen LogP contribution in [0.15, 0.2) is 46.3 Å². The molecule has 7 heteroatoms. The zero-order valence-electron chi connectivity index (χ0n) is 11.5. The number of amides is 1. The molecule has 2 heterocycles. The van der Waals surface area contributed by atoms with Gasteiger partial charge in [0.05, 0.1) is 17.8 Å². The van der Waals surface area contributed by atoms with E-state index in [0.29, 0.717) is 16.7 Å². The van der Waals surface area contributed by atoms with E-state index in [1.807, 2.05) is 35.7 Å². The van der Waals surface area contributed by atoms with Gasteiger partial charge in [0, 0.05) is 5.02 Å². The van der Waals surface area contributed by atoms with E-state index in [0.717, 1.165) is 10.4 Å². The van der Waals surface area contributed by atoms with Crippen molar-refractivity contribution < 1.29 is 9.32 Å². The highest BCUT2D eigenvalue weighted by Crippen LogP contribution is 2.22. The Bertz CT molecular complexity index is 771. The number of halogens is 1.